The van der Waals surface area contributed by atoms with Gasteiger partial charge >= 0.3 is 0 Å². The maximum atomic E-state index is 6.47. The molecule has 2 aliphatic heterocycles. The number of fused-ring (bicyclic) bond motifs is 4. The summed E-state index contributed by atoms with van der Waals surface area (Å²) >= 11 is 0. The highest BCUT2D eigenvalue weighted by Crippen LogP contribution is 2.49. The van der Waals surface area contributed by atoms with Gasteiger partial charge in [0.25, 0.3) is 0 Å². The summed E-state index contributed by atoms with van der Waals surface area (Å²) in [5.41, 5.74) is 3.14. The van der Waals surface area contributed by atoms with E-state index in [1.54, 1.807) is 0 Å². The van der Waals surface area contributed by atoms with E-state index in [4.69, 9.17) is 14.2 Å². The van der Waals surface area contributed by atoms with E-state index in [9.17, 15) is 0 Å². The van der Waals surface area contributed by atoms with Crippen LogP contribution < -0.4 is 0 Å². The minimum atomic E-state index is -0.916. The lowest BCUT2D eigenvalue weighted by Gasteiger charge is -2.43. The number of hydrogen-bond acceptors (Lipinski definition) is 3. The summed E-state index contributed by atoms with van der Waals surface area (Å²) in [7, 11) is 0. The Bertz CT molecular complexity index is 885. The van der Waals surface area contributed by atoms with Crippen molar-refractivity contribution in [1.82, 2.24) is 0 Å². The maximum absolute atomic E-state index is 6.47. The summed E-state index contributed by atoms with van der Waals surface area (Å²) < 4.78 is 18.9. The van der Waals surface area contributed by atoms with Gasteiger partial charge in [-0.15, -0.1) is 0 Å². The zero-order valence-electron chi connectivity index (χ0n) is 13.3. The van der Waals surface area contributed by atoms with Crippen molar-refractivity contribution < 1.29 is 14.2 Å². The number of hydrogen-bond donors (Lipinski definition) is 0. The predicted octanol–water partition coefficient (Wildman–Crippen LogP) is 4.51. The van der Waals surface area contributed by atoms with Crippen molar-refractivity contribution in [3.05, 3.63) is 83.4 Å². The Kier molecular flexibility index (Phi) is 3.20. The number of benzene rings is 3. The van der Waals surface area contributed by atoms with E-state index < -0.39 is 12.1 Å². The highest BCUT2D eigenvalue weighted by Gasteiger charge is 2.46. The van der Waals surface area contributed by atoms with E-state index in [1.165, 1.54) is 10.8 Å². The quantitative estimate of drug-likeness (QED) is 0.661. The standard InChI is InChI=1S/C21H18O3/c1-2-9-16(10-3-1)21-18-12-5-8-15-7-4-11-17(19(15)18)20(24-21)22-13-6-14-23-21/h1-5,7-12,20H,6,13-14H2/t20-,21+/m1/s1. The van der Waals surface area contributed by atoms with Crippen LogP contribution in [0.4, 0.5) is 0 Å². The molecule has 2 bridgehead atoms. The third-order valence-corrected chi connectivity index (χ3v) is 4.84. The van der Waals surface area contributed by atoms with Crippen molar-refractivity contribution in [1.29, 1.82) is 0 Å². The summed E-state index contributed by atoms with van der Waals surface area (Å²) in [6.07, 6.45) is 0.441. The van der Waals surface area contributed by atoms with E-state index in [-0.39, 0.29) is 0 Å². The Morgan fingerprint density at radius 2 is 1.67 bits per heavy atom. The lowest BCUT2D eigenvalue weighted by molar-refractivity contribution is -0.319. The molecule has 0 N–H and O–H groups in total. The van der Waals surface area contributed by atoms with Gasteiger partial charge in [0.1, 0.15) is 0 Å². The third kappa shape index (κ3) is 1.96. The topological polar surface area (TPSA) is 27.7 Å². The second kappa shape index (κ2) is 5.42. The molecule has 0 spiro atoms. The number of rotatable bonds is 1. The van der Waals surface area contributed by atoms with Gasteiger partial charge in [0.15, 0.2) is 6.29 Å². The molecule has 2 heterocycles. The molecule has 3 nitrogen and oxygen atoms in total. The van der Waals surface area contributed by atoms with E-state index in [1.807, 2.05) is 18.2 Å². The summed E-state index contributed by atoms with van der Waals surface area (Å²) in [5.74, 6) is -0.916. The molecule has 0 radical (unpaired) electrons. The molecular formula is C21H18O3. The normalized spacial score (nSPS) is 25.9. The molecule has 24 heavy (non-hydrogen) atoms. The van der Waals surface area contributed by atoms with Crippen LogP contribution in [0.15, 0.2) is 66.7 Å². The fraction of sp³-hybridized carbons (Fsp3) is 0.238. The van der Waals surface area contributed by atoms with Gasteiger partial charge < -0.3 is 14.2 Å². The molecule has 0 aliphatic carbocycles. The molecular weight excluding hydrogens is 300 g/mol. The fourth-order valence-corrected chi connectivity index (χ4v) is 3.78. The van der Waals surface area contributed by atoms with Gasteiger partial charge in [0.2, 0.25) is 5.79 Å². The van der Waals surface area contributed by atoms with Crippen LogP contribution in [0.5, 0.6) is 0 Å². The molecule has 120 valence electrons. The molecule has 3 heteroatoms. The van der Waals surface area contributed by atoms with Crippen molar-refractivity contribution in [2.24, 2.45) is 0 Å². The van der Waals surface area contributed by atoms with Crippen molar-refractivity contribution in [3.63, 3.8) is 0 Å². The summed E-state index contributed by atoms with van der Waals surface area (Å²) in [5, 5.41) is 2.37. The van der Waals surface area contributed by atoms with Crippen molar-refractivity contribution in [2.45, 2.75) is 18.5 Å². The van der Waals surface area contributed by atoms with Gasteiger partial charge in [-0.05, 0) is 17.2 Å². The Morgan fingerprint density at radius 1 is 0.833 bits per heavy atom. The summed E-state index contributed by atoms with van der Waals surface area (Å²) in [6.45, 7) is 1.23. The van der Waals surface area contributed by atoms with Crippen molar-refractivity contribution >= 4 is 10.8 Å². The molecule has 1 fully saturated rings. The highest BCUT2D eigenvalue weighted by molar-refractivity contribution is 5.90. The van der Waals surface area contributed by atoms with Crippen LogP contribution in [0, 0.1) is 0 Å². The van der Waals surface area contributed by atoms with Crippen molar-refractivity contribution in [2.75, 3.05) is 13.2 Å². The monoisotopic (exact) mass is 318 g/mol. The SMILES string of the molecule is c1ccc([C@]23OCCCO[C@H](O2)c2cccc4cccc3c24)cc1. The minimum absolute atomic E-state index is 0.413. The molecule has 5 rings (SSSR count). The van der Waals surface area contributed by atoms with Crippen LogP contribution in [0.25, 0.3) is 10.8 Å². The maximum Gasteiger partial charge on any atom is 0.225 e. The van der Waals surface area contributed by atoms with Gasteiger partial charge in [-0.1, -0.05) is 66.7 Å². The van der Waals surface area contributed by atoms with Gasteiger partial charge in [-0.25, -0.2) is 0 Å². The summed E-state index contributed by atoms with van der Waals surface area (Å²) in [4.78, 5) is 0. The first-order valence-electron chi connectivity index (χ1n) is 8.39. The Morgan fingerprint density at radius 3 is 2.54 bits per heavy atom. The summed E-state index contributed by atoms with van der Waals surface area (Å²) in [6, 6.07) is 22.8. The van der Waals surface area contributed by atoms with E-state index in [0.29, 0.717) is 13.2 Å². The lowest BCUT2D eigenvalue weighted by Crippen LogP contribution is -2.41. The molecule has 3 aromatic rings. The van der Waals surface area contributed by atoms with Crippen LogP contribution in [-0.4, -0.2) is 13.2 Å². The average Bonchev–Trinajstić information content (AvgIpc) is 2.62. The first kappa shape index (κ1) is 14.2. The lowest BCUT2D eigenvalue weighted by atomic mass is 9.87. The molecule has 2 aliphatic rings. The van der Waals surface area contributed by atoms with E-state index in [0.717, 1.165) is 23.1 Å². The first-order valence-corrected chi connectivity index (χ1v) is 8.39. The van der Waals surface area contributed by atoms with E-state index >= 15 is 0 Å². The van der Waals surface area contributed by atoms with Gasteiger partial charge in [-0.3, -0.25) is 0 Å². The zero-order chi connectivity index (χ0) is 16.0. The smallest absolute Gasteiger partial charge is 0.225 e. The number of ether oxygens (including phenoxy) is 3. The van der Waals surface area contributed by atoms with Crippen LogP contribution in [0.2, 0.25) is 0 Å². The minimum Gasteiger partial charge on any atom is -0.348 e. The predicted molar refractivity (Wildman–Crippen MR) is 91.5 cm³/mol. The van der Waals surface area contributed by atoms with Crippen LogP contribution in [0.3, 0.4) is 0 Å². The first-order chi connectivity index (χ1) is 11.9. The largest absolute Gasteiger partial charge is 0.348 e. The Hall–Kier alpha value is -2.20. The van der Waals surface area contributed by atoms with Crippen LogP contribution in [0.1, 0.15) is 29.4 Å². The highest BCUT2D eigenvalue weighted by atomic mass is 16.8. The molecule has 0 saturated carbocycles. The average molecular weight is 318 g/mol. The van der Waals surface area contributed by atoms with Crippen LogP contribution >= 0.6 is 0 Å². The van der Waals surface area contributed by atoms with Gasteiger partial charge in [-0.2, -0.15) is 0 Å². The third-order valence-electron chi connectivity index (χ3n) is 4.84. The second-order valence-electron chi connectivity index (χ2n) is 6.26. The molecule has 0 amide bonds. The Balaban J connectivity index is 1.86. The van der Waals surface area contributed by atoms with Crippen LogP contribution in [-0.2, 0) is 20.0 Å². The fourth-order valence-electron chi connectivity index (χ4n) is 3.78. The zero-order valence-corrected chi connectivity index (χ0v) is 13.3. The molecule has 3 aromatic carbocycles. The second-order valence-corrected chi connectivity index (χ2v) is 6.26. The molecule has 1 saturated heterocycles. The van der Waals surface area contributed by atoms with E-state index in [2.05, 4.69) is 48.5 Å². The molecule has 0 unspecified atom stereocenters. The molecule has 0 aromatic heterocycles. The molecule has 2 atom stereocenters. The van der Waals surface area contributed by atoms with Gasteiger partial charge in [0, 0.05) is 16.7 Å². The Labute approximate surface area is 140 Å². The van der Waals surface area contributed by atoms with Gasteiger partial charge in [0.05, 0.1) is 13.2 Å². The van der Waals surface area contributed by atoms with Crippen molar-refractivity contribution in [3.8, 4) is 0 Å².